The number of aliphatic hydroxyl groups excluding tert-OH is 1. The Bertz CT molecular complexity index is 1220. The number of carboxylic acid groups (broad SMARTS) is 1. The van der Waals surface area contributed by atoms with Gasteiger partial charge in [-0.15, -0.1) is 0 Å². The number of anilines is 1. The zero-order valence-electron chi connectivity index (χ0n) is 19.1. The largest absolute Gasteiger partial charge is 0.478 e. The van der Waals surface area contributed by atoms with Gasteiger partial charge >= 0.3 is 12.0 Å². The van der Waals surface area contributed by atoms with E-state index in [4.69, 9.17) is 0 Å². The Hall–Kier alpha value is -3.65. The van der Waals surface area contributed by atoms with Crippen LogP contribution in [0.25, 0.3) is 5.69 Å². The summed E-state index contributed by atoms with van der Waals surface area (Å²) in [7, 11) is 0. The van der Waals surface area contributed by atoms with Gasteiger partial charge in [-0.2, -0.15) is 5.10 Å². The molecule has 2 aromatic carbocycles. The summed E-state index contributed by atoms with van der Waals surface area (Å²) in [5.41, 5.74) is 3.68. The lowest BCUT2D eigenvalue weighted by molar-refractivity contribution is 0.0693. The van der Waals surface area contributed by atoms with Crippen LogP contribution in [-0.4, -0.2) is 38.1 Å². The van der Waals surface area contributed by atoms with Gasteiger partial charge in [0.1, 0.15) is 5.82 Å². The minimum Gasteiger partial charge on any atom is -0.478 e. The van der Waals surface area contributed by atoms with Crippen LogP contribution in [0, 0.1) is 13.8 Å². The number of hydrogen-bond donors (Lipinski definition) is 4. The number of aromatic carboxylic acids is 1. The highest BCUT2D eigenvalue weighted by molar-refractivity contribution is 5.90. The number of carbonyl (C=O) groups is 2. The van der Waals surface area contributed by atoms with Crippen molar-refractivity contribution < 1.29 is 19.8 Å². The van der Waals surface area contributed by atoms with E-state index in [1.165, 1.54) is 6.07 Å². The van der Waals surface area contributed by atoms with Crippen molar-refractivity contribution in [3.8, 4) is 5.69 Å². The maximum absolute atomic E-state index is 13.1. The van der Waals surface area contributed by atoms with Crippen molar-refractivity contribution in [3.05, 3.63) is 76.5 Å². The molecule has 3 aromatic rings. The lowest BCUT2D eigenvalue weighted by Crippen LogP contribution is -2.45. The highest BCUT2D eigenvalue weighted by Crippen LogP contribution is 2.42. The van der Waals surface area contributed by atoms with Crippen LogP contribution in [0.4, 0.5) is 10.6 Å². The Morgan fingerprint density at radius 3 is 2.48 bits per heavy atom. The summed E-state index contributed by atoms with van der Waals surface area (Å²) in [6, 6.07) is 13.1. The first-order valence-corrected chi connectivity index (χ1v) is 10.8. The second-order valence-corrected chi connectivity index (χ2v) is 9.15. The number of carboxylic acids is 1. The number of aryl methyl sites for hydroxylation is 1. The highest BCUT2D eigenvalue weighted by Gasteiger charge is 2.39. The van der Waals surface area contributed by atoms with Crippen LogP contribution in [0.3, 0.4) is 0 Å². The summed E-state index contributed by atoms with van der Waals surface area (Å²) in [6.45, 7) is 7.74. The summed E-state index contributed by atoms with van der Waals surface area (Å²) in [5, 5.41) is 30.6. The number of aromatic nitrogens is 2. The Balaban J connectivity index is 1.65. The minimum absolute atomic E-state index is 0.111. The molecule has 1 unspecified atom stereocenters. The van der Waals surface area contributed by atoms with Gasteiger partial charge in [0.25, 0.3) is 0 Å². The van der Waals surface area contributed by atoms with E-state index < -0.39 is 24.1 Å². The highest BCUT2D eigenvalue weighted by atomic mass is 16.4. The molecule has 0 spiro atoms. The zero-order valence-corrected chi connectivity index (χ0v) is 19.1. The quantitative estimate of drug-likeness (QED) is 0.480. The first-order valence-electron chi connectivity index (χ1n) is 10.8. The predicted octanol–water partition coefficient (Wildman–Crippen LogP) is 4.09. The van der Waals surface area contributed by atoms with Crippen molar-refractivity contribution in [2.75, 3.05) is 5.32 Å². The maximum atomic E-state index is 13.1. The van der Waals surface area contributed by atoms with E-state index in [1.54, 1.807) is 16.8 Å². The molecule has 8 nitrogen and oxygen atoms in total. The first kappa shape index (κ1) is 22.5. The Morgan fingerprint density at radius 1 is 1.12 bits per heavy atom. The van der Waals surface area contributed by atoms with Gasteiger partial charge in [0, 0.05) is 5.56 Å². The van der Waals surface area contributed by atoms with E-state index in [0.717, 1.165) is 22.5 Å². The molecular formula is C25H28N4O4. The summed E-state index contributed by atoms with van der Waals surface area (Å²) < 4.78 is 1.67. The molecule has 4 rings (SSSR count). The summed E-state index contributed by atoms with van der Waals surface area (Å²) >= 11 is 0. The molecule has 1 aliphatic carbocycles. The number of benzene rings is 2. The van der Waals surface area contributed by atoms with Crippen molar-refractivity contribution >= 4 is 17.8 Å². The molecule has 172 valence electrons. The molecule has 33 heavy (non-hydrogen) atoms. The first-order chi connectivity index (χ1) is 15.6. The molecule has 1 aliphatic rings. The van der Waals surface area contributed by atoms with E-state index in [-0.39, 0.29) is 11.0 Å². The summed E-state index contributed by atoms with van der Waals surface area (Å²) in [6.07, 6.45) is -0.443. The van der Waals surface area contributed by atoms with Crippen molar-refractivity contribution in [1.29, 1.82) is 0 Å². The Morgan fingerprint density at radius 2 is 1.82 bits per heavy atom. The average Bonchev–Trinajstić information content (AvgIpc) is 3.05. The van der Waals surface area contributed by atoms with Gasteiger partial charge < -0.3 is 15.5 Å². The third kappa shape index (κ3) is 4.21. The number of nitrogens with one attached hydrogen (secondary N) is 2. The van der Waals surface area contributed by atoms with E-state index in [1.807, 2.05) is 58.0 Å². The molecule has 8 heteroatoms. The van der Waals surface area contributed by atoms with Crippen molar-refractivity contribution in [2.45, 2.75) is 51.7 Å². The van der Waals surface area contributed by atoms with Crippen LogP contribution in [0.1, 0.15) is 59.1 Å². The Labute approximate surface area is 192 Å². The van der Waals surface area contributed by atoms with Gasteiger partial charge in [0.2, 0.25) is 0 Å². The number of fused-ring (bicyclic) bond motifs is 1. The van der Waals surface area contributed by atoms with E-state index in [9.17, 15) is 19.8 Å². The number of para-hydroxylation sites is 1. The fourth-order valence-corrected chi connectivity index (χ4v) is 4.49. The smallest absolute Gasteiger partial charge is 0.335 e. The number of aliphatic hydroxyl groups is 1. The molecule has 2 atom stereocenters. The lowest BCUT2D eigenvalue weighted by atomic mass is 9.69. The SMILES string of the molecule is Cc1nn(-c2ccccc2)c(NC(=O)NC2c3cc(C(=O)O)ccc3C(C)(C)C[C@@H]2O)c1C. The number of hydrogen-bond acceptors (Lipinski definition) is 4. The Kier molecular flexibility index (Phi) is 5.71. The standard InChI is InChI=1S/C25H28N4O4/c1-14-15(2)28-29(17-8-6-5-7-9-17)22(14)27-24(33)26-21-18-12-16(23(31)32)10-11-19(18)25(3,4)13-20(21)30/h5-12,20-21,30H,13H2,1-4H3,(H,31,32)(H2,26,27,33)/t20-,21?/m0/s1. The number of rotatable bonds is 4. The summed E-state index contributed by atoms with van der Waals surface area (Å²) in [5.74, 6) is -0.530. The van der Waals surface area contributed by atoms with Crippen molar-refractivity contribution in [1.82, 2.24) is 15.1 Å². The van der Waals surface area contributed by atoms with Crippen LogP contribution in [-0.2, 0) is 5.41 Å². The van der Waals surface area contributed by atoms with Gasteiger partial charge in [0.05, 0.1) is 29.1 Å². The molecule has 4 N–H and O–H groups in total. The second-order valence-electron chi connectivity index (χ2n) is 9.15. The third-order valence-electron chi connectivity index (χ3n) is 6.35. The van der Waals surface area contributed by atoms with Crippen LogP contribution < -0.4 is 10.6 Å². The monoisotopic (exact) mass is 448 g/mol. The minimum atomic E-state index is -1.06. The van der Waals surface area contributed by atoms with Gasteiger partial charge in [-0.3, -0.25) is 5.32 Å². The fourth-order valence-electron chi connectivity index (χ4n) is 4.49. The normalized spacial score (nSPS) is 18.9. The molecule has 0 bridgehead atoms. The molecule has 1 aromatic heterocycles. The summed E-state index contributed by atoms with van der Waals surface area (Å²) in [4.78, 5) is 24.6. The molecule has 0 saturated carbocycles. The topological polar surface area (TPSA) is 116 Å². The number of urea groups is 1. The average molecular weight is 449 g/mol. The molecule has 0 aliphatic heterocycles. The van der Waals surface area contributed by atoms with Gasteiger partial charge in [-0.1, -0.05) is 38.1 Å². The number of carbonyl (C=O) groups excluding carboxylic acids is 1. The van der Waals surface area contributed by atoms with Gasteiger partial charge in [-0.25, -0.2) is 14.3 Å². The third-order valence-corrected chi connectivity index (χ3v) is 6.35. The molecule has 0 fully saturated rings. The molecule has 0 radical (unpaired) electrons. The fraction of sp³-hybridized carbons (Fsp3) is 0.320. The van der Waals surface area contributed by atoms with E-state index in [0.29, 0.717) is 17.8 Å². The van der Waals surface area contributed by atoms with Crippen LogP contribution in [0.5, 0.6) is 0 Å². The van der Waals surface area contributed by atoms with Crippen molar-refractivity contribution in [3.63, 3.8) is 0 Å². The van der Waals surface area contributed by atoms with E-state index >= 15 is 0 Å². The van der Waals surface area contributed by atoms with Crippen LogP contribution in [0.15, 0.2) is 48.5 Å². The van der Waals surface area contributed by atoms with Crippen LogP contribution >= 0.6 is 0 Å². The maximum Gasteiger partial charge on any atom is 0.335 e. The molecular weight excluding hydrogens is 420 g/mol. The number of nitrogens with zero attached hydrogens (tertiary/aromatic N) is 2. The second kappa shape index (κ2) is 8.37. The van der Waals surface area contributed by atoms with Gasteiger partial charge in [0.15, 0.2) is 0 Å². The van der Waals surface area contributed by atoms with Crippen molar-refractivity contribution in [2.24, 2.45) is 0 Å². The zero-order chi connectivity index (χ0) is 23.9. The van der Waals surface area contributed by atoms with Gasteiger partial charge in [-0.05, 0) is 61.1 Å². The van der Waals surface area contributed by atoms with Crippen LogP contribution in [0.2, 0.25) is 0 Å². The predicted molar refractivity (Wildman–Crippen MR) is 125 cm³/mol. The van der Waals surface area contributed by atoms with E-state index in [2.05, 4.69) is 15.7 Å². The number of amides is 2. The molecule has 1 heterocycles. The molecule has 2 amide bonds. The molecule has 0 saturated heterocycles. The lowest BCUT2D eigenvalue weighted by Gasteiger charge is -2.40.